The van der Waals surface area contributed by atoms with Crippen molar-refractivity contribution in [3.63, 3.8) is 0 Å². The summed E-state index contributed by atoms with van der Waals surface area (Å²) >= 11 is 0. The minimum Gasteiger partial charge on any atom is -0.334 e. The normalized spacial score (nSPS) is 48.0. The summed E-state index contributed by atoms with van der Waals surface area (Å²) in [6.07, 6.45) is 5.92. The van der Waals surface area contributed by atoms with E-state index < -0.39 is 0 Å². The lowest BCUT2D eigenvalue weighted by Crippen LogP contribution is -3.15. The number of nitrogens with one attached hydrogen (secondary N) is 1. The van der Waals surface area contributed by atoms with Crippen molar-refractivity contribution in [2.45, 2.75) is 53.4 Å². The molecule has 0 amide bonds. The maximum Gasteiger partial charge on any atom is 0.0799 e. The summed E-state index contributed by atoms with van der Waals surface area (Å²) in [5, 5.41) is 0. The average molecular weight is 238 g/mol. The fraction of sp³-hybridized carbons (Fsp3) is 1.00. The highest BCUT2D eigenvalue weighted by atomic mass is 15.1. The molecule has 1 heteroatoms. The molecule has 0 aromatic carbocycles. The van der Waals surface area contributed by atoms with Crippen LogP contribution >= 0.6 is 0 Å². The van der Waals surface area contributed by atoms with E-state index in [4.69, 9.17) is 0 Å². The highest BCUT2D eigenvalue weighted by molar-refractivity contribution is 4.75. The van der Waals surface area contributed by atoms with E-state index >= 15 is 0 Å². The lowest BCUT2D eigenvalue weighted by Gasteiger charge is -2.37. The van der Waals surface area contributed by atoms with Crippen LogP contribution < -0.4 is 4.90 Å². The molecule has 2 fully saturated rings. The molecule has 0 radical (unpaired) electrons. The van der Waals surface area contributed by atoms with Crippen LogP contribution in [0.5, 0.6) is 0 Å². The van der Waals surface area contributed by atoms with Gasteiger partial charge in [-0.3, -0.25) is 0 Å². The van der Waals surface area contributed by atoms with Crippen LogP contribution in [-0.2, 0) is 0 Å². The van der Waals surface area contributed by atoms with Crippen molar-refractivity contribution in [3.05, 3.63) is 0 Å². The highest BCUT2D eigenvalue weighted by Crippen LogP contribution is 2.32. The van der Waals surface area contributed by atoms with E-state index in [-0.39, 0.29) is 0 Å². The molecule has 0 aromatic rings. The first-order valence-corrected chi connectivity index (χ1v) is 7.86. The van der Waals surface area contributed by atoms with Crippen LogP contribution in [0.4, 0.5) is 0 Å². The second kappa shape index (κ2) is 5.73. The molecule has 1 saturated heterocycles. The molecule has 0 spiro atoms. The summed E-state index contributed by atoms with van der Waals surface area (Å²) in [4.78, 5) is 1.91. The Kier molecular flexibility index (Phi) is 4.52. The molecular formula is C16H32N+. The number of likely N-dealkylation sites (tertiary alicyclic amines) is 1. The van der Waals surface area contributed by atoms with Crippen LogP contribution in [0.3, 0.4) is 0 Å². The van der Waals surface area contributed by atoms with Gasteiger partial charge in [-0.1, -0.05) is 27.7 Å². The van der Waals surface area contributed by atoms with E-state index in [9.17, 15) is 0 Å². The SMILES string of the molecule is CC1CC(C)CC(C[NH+]2CC(C)CC(C)C2)C1. The summed E-state index contributed by atoms with van der Waals surface area (Å²) < 4.78 is 0. The lowest BCUT2D eigenvalue weighted by molar-refractivity contribution is -0.915. The number of piperidine rings is 1. The zero-order valence-corrected chi connectivity index (χ0v) is 12.3. The molecule has 1 saturated carbocycles. The predicted octanol–water partition coefficient (Wildman–Crippen LogP) is 2.62. The third kappa shape index (κ3) is 3.98. The van der Waals surface area contributed by atoms with Crippen molar-refractivity contribution in [2.75, 3.05) is 19.6 Å². The number of hydrogen-bond donors (Lipinski definition) is 1. The standard InChI is InChI=1S/C16H31N/c1-12-5-13(2)8-16(7-12)11-17-9-14(3)6-15(4)10-17/h12-16H,5-11H2,1-4H3/p+1. The molecular weight excluding hydrogens is 206 g/mol. The Morgan fingerprint density at radius 1 is 0.706 bits per heavy atom. The monoisotopic (exact) mass is 238 g/mol. The Morgan fingerprint density at radius 2 is 1.18 bits per heavy atom. The number of quaternary nitrogens is 1. The zero-order chi connectivity index (χ0) is 12.4. The molecule has 1 heterocycles. The van der Waals surface area contributed by atoms with Crippen molar-refractivity contribution in [3.8, 4) is 0 Å². The van der Waals surface area contributed by atoms with Gasteiger partial charge in [0.2, 0.25) is 0 Å². The van der Waals surface area contributed by atoms with Crippen molar-refractivity contribution < 1.29 is 4.90 Å². The Morgan fingerprint density at radius 3 is 1.71 bits per heavy atom. The molecule has 2 rings (SSSR count). The van der Waals surface area contributed by atoms with Crippen molar-refractivity contribution in [2.24, 2.45) is 29.6 Å². The smallest absolute Gasteiger partial charge is 0.0799 e. The topological polar surface area (TPSA) is 4.44 Å². The van der Waals surface area contributed by atoms with E-state index in [2.05, 4.69) is 27.7 Å². The quantitative estimate of drug-likeness (QED) is 0.754. The minimum atomic E-state index is 0.951. The van der Waals surface area contributed by atoms with Gasteiger partial charge in [-0.2, -0.15) is 0 Å². The summed E-state index contributed by atoms with van der Waals surface area (Å²) in [6.45, 7) is 14.1. The fourth-order valence-electron chi connectivity index (χ4n) is 4.78. The van der Waals surface area contributed by atoms with Gasteiger partial charge in [0.15, 0.2) is 0 Å². The summed E-state index contributed by atoms with van der Waals surface area (Å²) in [7, 11) is 0. The fourth-order valence-corrected chi connectivity index (χ4v) is 4.78. The largest absolute Gasteiger partial charge is 0.334 e. The molecule has 4 unspecified atom stereocenters. The van der Waals surface area contributed by atoms with Gasteiger partial charge < -0.3 is 4.90 Å². The molecule has 0 aromatic heterocycles. The second-order valence-corrected chi connectivity index (χ2v) is 7.59. The highest BCUT2D eigenvalue weighted by Gasteiger charge is 2.30. The average Bonchev–Trinajstić information content (AvgIpc) is 2.13. The van der Waals surface area contributed by atoms with Crippen LogP contribution in [0.2, 0.25) is 0 Å². The molecule has 4 atom stereocenters. The molecule has 17 heavy (non-hydrogen) atoms. The Balaban J connectivity index is 1.83. The Labute approximate surface area is 108 Å². The molecule has 100 valence electrons. The Bertz CT molecular complexity index is 194. The lowest BCUT2D eigenvalue weighted by atomic mass is 9.76. The minimum absolute atomic E-state index is 0.951. The van der Waals surface area contributed by atoms with E-state index in [0.717, 1.165) is 29.6 Å². The molecule has 1 N–H and O–H groups in total. The predicted molar refractivity (Wildman–Crippen MR) is 74.2 cm³/mol. The van der Waals surface area contributed by atoms with Crippen molar-refractivity contribution >= 4 is 0 Å². The second-order valence-electron chi connectivity index (χ2n) is 7.59. The number of hydrogen-bond acceptors (Lipinski definition) is 0. The van der Waals surface area contributed by atoms with Crippen LogP contribution in [-0.4, -0.2) is 19.6 Å². The first-order valence-electron chi connectivity index (χ1n) is 7.86. The number of rotatable bonds is 2. The van der Waals surface area contributed by atoms with Gasteiger partial charge in [0, 0.05) is 17.8 Å². The Hall–Kier alpha value is -0.0400. The van der Waals surface area contributed by atoms with Gasteiger partial charge in [-0.15, -0.1) is 0 Å². The maximum atomic E-state index is 2.46. The summed E-state index contributed by atoms with van der Waals surface area (Å²) in [6, 6.07) is 0. The van der Waals surface area contributed by atoms with Crippen LogP contribution in [0, 0.1) is 29.6 Å². The van der Waals surface area contributed by atoms with E-state index in [1.807, 2.05) is 4.90 Å². The molecule has 2 aliphatic rings. The van der Waals surface area contributed by atoms with Crippen LogP contribution in [0.25, 0.3) is 0 Å². The summed E-state index contributed by atoms with van der Waals surface area (Å²) in [5.41, 5.74) is 0. The zero-order valence-electron chi connectivity index (χ0n) is 12.3. The first kappa shape index (κ1) is 13.4. The van der Waals surface area contributed by atoms with E-state index in [1.54, 1.807) is 0 Å². The van der Waals surface area contributed by atoms with Gasteiger partial charge in [0.1, 0.15) is 0 Å². The molecule has 1 nitrogen and oxygen atoms in total. The van der Waals surface area contributed by atoms with Gasteiger partial charge in [-0.05, 0) is 37.5 Å². The van der Waals surface area contributed by atoms with E-state index in [1.165, 1.54) is 45.3 Å². The molecule has 1 aliphatic carbocycles. The molecule has 1 aliphatic heterocycles. The van der Waals surface area contributed by atoms with E-state index in [0.29, 0.717) is 0 Å². The first-order chi connectivity index (χ1) is 8.02. The molecule has 0 bridgehead atoms. The van der Waals surface area contributed by atoms with Gasteiger partial charge in [-0.25, -0.2) is 0 Å². The van der Waals surface area contributed by atoms with Gasteiger partial charge in [0.05, 0.1) is 19.6 Å². The third-order valence-electron chi connectivity index (χ3n) is 4.93. The van der Waals surface area contributed by atoms with Gasteiger partial charge >= 0.3 is 0 Å². The van der Waals surface area contributed by atoms with Crippen LogP contribution in [0.15, 0.2) is 0 Å². The maximum absolute atomic E-state index is 2.46. The van der Waals surface area contributed by atoms with Crippen molar-refractivity contribution in [1.82, 2.24) is 0 Å². The third-order valence-corrected chi connectivity index (χ3v) is 4.93. The van der Waals surface area contributed by atoms with Crippen LogP contribution in [0.1, 0.15) is 53.4 Å². The van der Waals surface area contributed by atoms with Crippen molar-refractivity contribution in [1.29, 1.82) is 0 Å². The van der Waals surface area contributed by atoms with Gasteiger partial charge in [0.25, 0.3) is 0 Å². The summed E-state index contributed by atoms with van der Waals surface area (Å²) in [5.74, 6) is 4.87.